The molecular weight excluding hydrogens is 378 g/mol. The van der Waals surface area contributed by atoms with E-state index in [2.05, 4.69) is 9.88 Å². The standard InChI is InChI=1S/C19H21N5O3S/c25-17-18(26)24(19(27)23(17)8-5-16-2-1-13-28-16)14-21-9-11-22(12-10-21)15-3-6-20-7-4-15/h1-4,6-7,13H,5,8-12,14H2/p+2. The third kappa shape index (κ3) is 3.76. The summed E-state index contributed by atoms with van der Waals surface area (Å²) >= 11 is 1.58. The molecule has 0 radical (unpaired) electrons. The van der Waals surface area contributed by atoms with Crippen LogP contribution in [0.25, 0.3) is 0 Å². The van der Waals surface area contributed by atoms with Crippen LogP contribution in [-0.4, -0.2) is 67.0 Å². The monoisotopic (exact) mass is 401 g/mol. The Balaban J connectivity index is 1.32. The minimum absolute atomic E-state index is 0.245. The highest BCUT2D eigenvalue weighted by Crippen LogP contribution is 2.15. The number of imide groups is 2. The first kappa shape index (κ1) is 18.6. The first-order valence-corrected chi connectivity index (χ1v) is 10.3. The fourth-order valence-electron chi connectivity index (χ4n) is 3.62. The zero-order chi connectivity index (χ0) is 19.5. The number of urea groups is 1. The molecule has 9 heteroatoms. The second kappa shape index (κ2) is 8.07. The predicted molar refractivity (Wildman–Crippen MR) is 103 cm³/mol. The Hall–Kier alpha value is -2.78. The molecule has 2 fully saturated rings. The largest absolute Gasteiger partial charge is 0.360 e. The quantitative estimate of drug-likeness (QED) is 0.511. The van der Waals surface area contributed by atoms with Crippen LogP contribution in [0.4, 0.5) is 10.5 Å². The van der Waals surface area contributed by atoms with Gasteiger partial charge in [0.2, 0.25) is 0 Å². The average Bonchev–Trinajstić information content (AvgIpc) is 3.32. The van der Waals surface area contributed by atoms with Gasteiger partial charge in [0.1, 0.15) is 0 Å². The summed E-state index contributed by atoms with van der Waals surface area (Å²) in [6.45, 7) is 3.78. The first-order chi connectivity index (χ1) is 13.6. The summed E-state index contributed by atoms with van der Waals surface area (Å²) in [7, 11) is 0. The molecule has 0 spiro atoms. The van der Waals surface area contributed by atoms with Crippen molar-refractivity contribution in [2.45, 2.75) is 6.42 Å². The number of nitrogens with one attached hydrogen (secondary N) is 2. The highest BCUT2D eigenvalue weighted by Gasteiger charge is 2.46. The summed E-state index contributed by atoms with van der Waals surface area (Å²) in [4.78, 5) is 46.9. The molecule has 0 atom stereocenters. The molecule has 4 heterocycles. The van der Waals surface area contributed by atoms with Crippen LogP contribution in [0.3, 0.4) is 0 Å². The van der Waals surface area contributed by atoms with Crippen LogP contribution in [0.2, 0.25) is 0 Å². The van der Waals surface area contributed by atoms with Crippen molar-refractivity contribution in [3.05, 3.63) is 46.9 Å². The van der Waals surface area contributed by atoms with E-state index in [1.54, 1.807) is 11.3 Å². The van der Waals surface area contributed by atoms with E-state index in [1.165, 1.54) is 0 Å². The maximum Gasteiger partial charge on any atom is 0.338 e. The Morgan fingerprint density at radius 1 is 1.00 bits per heavy atom. The van der Waals surface area contributed by atoms with Gasteiger partial charge in [0.15, 0.2) is 19.1 Å². The van der Waals surface area contributed by atoms with Gasteiger partial charge < -0.3 is 9.80 Å². The summed E-state index contributed by atoms with van der Waals surface area (Å²) in [6, 6.07) is 7.47. The normalized spacial score (nSPS) is 18.4. The van der Waals surface area contributed by atoms with Gasteiger partial charge in [-0.2, -0.15) is 0 Å². The number of pyridine rings is 1. The molecule has 0 aromatic carbocycles. The summed E-state index contributed by atoms with van der Waals surface area (Å²) in [5.74, 6) is -1.41. The van der Waals surface area contributed by atoms with E-state index in [0.717, 1.165) is 51.4 Å². The molecule has 2 saturated heterocycles. The van der Waals surface area contributed by atoms with Crippen molar-refractivity contribution in [3.8, 4) is 0 Å². The Labute approximate surface area is 167 Å². The molecule has 2 N–H and O–H groups in total. The number of piperazine rings is 1. The molecule has 2 aromatic rings. The Morgan fingerprint density at radius 3 is 2.39 bits per heavy atom. The molecule has 0 aliphatic carbocycles. The lowest BCUT2D eigenvalue weighted by Gasteiger charge is -2.34. The second-order valence-electron chi connectivity index (χ2n) is 6.96. The number of hydrogen-bond acceptors (Lipinski definition) is 5. The van der Waals surface area contributed by atoms with Gasteiger partial charge in [-0.05, 0) is 11.4 Å². The van der Waals surface area contributed by atoms with Gasteiger partial charge in [-0.25, -0.2) is 14.7 Å². The van der Waals surface area contributed by atoms with Gasteiger partial charge in [-0.3, -0.25) is 14.5 Å². The Kier molecular flexibility index (Phi) is 5.36. The smallest absolute Gasteiger partial charge is 0.338 e. The predicted octanol–water partition coefficient (Wildman–Crippen LogP) is -0.742. The third-order valence-corrected chi connectivity index (χ3v) is 6.15. The fraction of sp³-hybridized carbons (Fsp3) is 0.368. The second-order valence-corrected chi connectivity index (χ2v) is 7.99. The number of anilines is 1. The summed E-state index contributed by atoms with van der Waals surface area (Å²) in [5, 5.41) is 1.96. The van der Waals surface area contributed by atoms with E-state index in [1.807, 2.05) is 42.0 Å². The summed E-state index contributed by atoms with van der Waals surface area (Å²) in [5.41, 5.74) is 1.15. The SMILES string of the molecule is O=C1C(=O)N(C[NH+]2CCN(c3cc[nH+]cc3)CC2)C(=O)N1CCc1cccs1. The van der Waals surface area contributed by atoms with Gasteiger partial charge in [0.05, 0.1) is 26.2 Å². The van der Waals surface area contributed by atoms with E-state index < -0.39 is 17.8 Å². The van der Waals surface area contributed by atoms with Gasteiger partial charge >= 0.3 is 17.8 Å². The molecule has 146 valence electrons. The van der Waals surface area contributed by atoms with Crippen LogP contribution in [0, 0.1) is 0 Å². The zero-order valence-electron chi connectivity index (χ0n) is 15.5. The molecule has 8 nitrogen and oxygen atoms in total. The molecule has 2 aliphatic rings. The highest BCUT2D eigenvalue weighted by atomic mass is 32.1. The lowest BCUT2D eigenvalue weighted by Crippen LogP contribution is -3.16. The number of nitrogens with zero attached hydrogens (tertiary/aromatic N) is 3. The molecule has 0 unspecified atom stereocenters. The number of thiophene rings is 1. The van der Waals surface area contributed by atoms with Crippen LogP contribution in [-0.2, 0) is 16.0 Å². The minimum Gasteiger partial charge on any atom is -0.360 e. The number of H-pyrrole nitrogens is 1. The molecule has 28 heavy (non-hydrogen) atoms. The van der Waals surface area contributed by atoms with Crippen LogP contribution in [0.1, 0.15) is 4.88 Å². The first-order valence-electron chi connectivity index (χ1n) is 9.38. The summed E-state index contributed by atoms with van der Waals surface area (Å²) in [6.07, 6.45) is 4.37. The van der Waals surface area contributed by atoms with E-state index in [-0.39, 0.29) is 13.2 Å². The van der Waals surface area contributed by atoms with Gasteiger partial charge in [0.25, 0.3) is 0 Å². The van der Waals surface area contributed by atoms with Gasteiger partial charge in [-0.1, -0.05) is 6.07 Å². The molecule has 4 rings (SSSR count). The van der Waals surface area contributed by atoms with Crippen molar-refractivity contribution in [1.82, 2.24) is 9.80 Å². The number of carbonyl (C=O) groups excluding carboxylic acids is 3. The number of carbonyl (C=O) groups is 3. The van der Waals surface area contributed by atoms with Crippen LogP contribution < -0.4 is 14.8 Å². The third-order valence-electron chi connectivity index (χ3n) is 5.22. The Bertz CT molecular complexity index is 850. The van der Waals surface area contributed by atoms with Gasteiger partial charge in [-0.15, -0.1) is 11.3 Å². The molecule has 0 saturated carbocycles. The lowest BCUT2D eigenvalue weighted by molar-refractivity contribution is -0.907. The van der Waals surface area contributed by atoms with Crippen LogP contribution in [0.15, 0.2) is 42.0 Å². The fourth-order valence-corrected chi connectivity index (χ4v) is 4.31. The van der Waals surface area contributed by atoms with Crippen LogP contribution >= 0.6 is 11.3 Å². The minimum atomic E-state index is -0.708. The molecule has 2 aromatic heterocycles. The summed E-state index contributed by atoms with van der Waals surface area (Å²) < 4.78 is 0. The number of aromatic amines is 1. The molecule has 4 amide bonds. The highest BCUT2D eigenvalue weighted by molar-refractivity contribution is 7.09. The number of quaternary nitrogens is 1. The van der Waals surface area contributed by atoms with Crippen molar-refractivity contribution in [2.75, 3.05) is 44.3 Å². The zero-order valence-corrected chi connectivity index (χ0v) is 16.3. The lowest BCUT2D eigenvalue weighted by atomic mass is 10.3. The topological polar surface area (TPSA) is 79.5 Å². The van der Waals surface area contributed by atoms with E-state index in [0.29, 0.717) is 6.42 Å². The van der Waals surface area contributed by atoms with E-state index in [4.69, 9.17) is 0 Å². The van der Waals surface area contributed by atoms with E-state index in [9.17, 15) is 14.4 Å². The average molecular weight is 401 g/mol. The molecule has 2 aliphatic heterocycles. The van der Waals surface area contributed by atoms with Crippen molar-refractivity contribution < 1.29 is 24.3 Å². The molecule has 0 bridgehead atoms. The van der Waals surface area contributed by atoms with Crippen molar-refractivity contribution in [3.63, 3.8) is 0 Å². The number of rotatable bonds is 6. The molecular formula is C19H23N5O3S+2. The van der Waals surface area contributed by atoms with E-state index >= 15 is 0 Å². The maximum atomic E-state index is 12.6. The Morgan fingerprint density at radius 2 is 1.71 bits per heavy atom. The maximum absolute atomic E-state index is 12.6. The van der Waals surface area contributed by atoms with Crippen molar-refractivity contribution >= 4 is 34.9 Å². The van der Waals surface area contributed by atoms with Crippen molar-refractivity contribution in [1.29, 1.82) is 0 Å². The van der Waals surface area contributed by atoms with Crippen LogP contribution in [0.5, 0.6) is 0 Å². The van der Waals surface area contributed by atoms with Gasteiger partial charge in [0, 0.05) is 35.7 Å². The number of amides is 4. The number of hydrogen-bond donors (Lipinski definition) is 1. The van der Waals surface area contributed by atoms with Crippen molar-refractivity contribution in [2.24, 2.45) is 0 Å². The number of aromatic nitrogens is 1.